The summed E-state index contributed by atoms with van der Waals surface area (Å²) in [4.78, 5) is 15.9. The van der Waals surface area contributed by atoms with Crippen LogP contribution in [-0.4, -0.2) is 11.0 Å². The van der Waals surface area contributed by atoms with Crippen molar-refractivity contribution in [3.05, 3.63) is 70.7 Å². The topological polar surface area (TPSA) is 63.2 Å². The fraction of sp³-hybridized carbons (Fsp3) is 0.0588. The Morgan fingerprint density at radius 1 is 1.12 bits per heavy atom. The number of hydrogen-bond acceptors (Lipinski definition) is 4. The SMILES string of the molecule is O=C(NCc1ccc(Oc2nccs2)cc1)Nc1ccc(Cl)cc1. The maximum absolute atomic E-state index is 11.9. The van der Waals surface area contributed by atoms with Crippen LogP contribution >= 0.6 is 22.9 Å². The van der Waals surface area contributed by atoms with E-state index in [1.807, 2.05) is 29.6 Å². The summed E-state index contributed by atoms with van der Waals surface area (Å²) in [5.74, 6) is 0.708. The van der Waals surface area contributed by atoms with Crippen molar-refractivity contribution in [2.75, 3.05) is 5.32 Å². The number of hydrogen-bond donors (Lipinski definition) is 2. The molecule has 0 bridgehead atoms. The predicted octanol–water partition coefficient (Wildman–Crippen LogP) is 4.91. The molecule has 0 aliphatic rings. The van der Waals surface area contributed by atoms with Gasteiger partial charge >= 0.3 is 6.03 Å². The number of benzene rings is 2. The highest BCUT2D eigenvalue weighted by molar-refractivity contribution is 7.11. The van der Waals surface area contributed by atoms with Crippen LogP contribution < -0.4 is 15.4 Å². The highest BCUT2D eigenvalue weighted by Gasteiger charge is 2.03. The molecule has 3 aromatic rings. The molecule has 2 N–H and O–H groups in total. The minimum Gasteiger partial charge on any atom is -0.431 e. The first-order chi connectivity index (χ1) is 11.7. The van der Waals surface area contributed by atoms with Crippen LogP contribution in [0.15, 0.2) is 60.1 Å². The van der Waals surface area contributed by atoms with Crippen LogP contribution in [0.2, 0.25) is 5.02 Å². The number of halogens is 1. The summed E-state index contributed by atoms with van der Waals surface area (Å²) in [7, 11) is 0. The van der Waals surface area contributed by atoms with Crippen LogP contribution in [0.5, 0.6) is 10.9 Å². The average Bonchev–Trinajstić information content (AvgIpc) is 3.09. The molecule has 24 heavy (non-hydrogen) atoms. The Hall–Kier alpha value is -2.57. The van der Waals surface area contributed by atoms with E-state index in [4.69, 9.17) is 16.3 Å². The second kappa shape index (κ2) is 7.81. The number of anilines is 1. The molecule has 2 amide bonds. The molecule has 0 saturated carbocycles. The van der Waals surface area contributed by atoms with Gasteiger partial charge in [-0.15, -0.1) is 0 Å². The average molecular weight is 360 g/mol. The molecule has 1 aromatic heterocycles. The number of carbonyl (C=O) groups excluding carboxylic acids is 1. The molecular formula is C17H14ClN3O2S. The molecule has 0 fully saturated rings. The third-order valence-corrected chi connectivity index (χ3v) is 3.99. The van der Waals surface area contributed by atoms with Crippen LogP contribution in [0.3, 0.4) is 0 Å². The van der Waals surface area contributed by atoms with E-state index < -0.39 is 0 Å². The largest absolute Gasteiger partial charge is 0.431 e. The van der Waals surface area contributed by atoms with Crippen LogP contribution in [0.1, 0.15) is 5.56 Å². The molecule has 2 aromatic carbocycles. The van der Waals surface area contributed by atoms with E-state index in [0.29, 0.717) is 28.2 Å². The second-order valence-electron chi connectivity index (χ2n) is 4.86. The summed E-state index contributed by atoms with van der Waals surface area (Å²) in [6.45, 7) is 0.414. The molecule has 122 valence electrons. The van der Waals surface area contributed by atoms with E-state index in [1.165, 1.54) is 11.3 Å². The van der Waals surface area contributed by atoms with Crippen molar-refractivity contribution in [3.8, 4) is 10.9 Å². The predicted molar refractivity (Wildman–Crippen MR) is 95.9 cm³/mol. The van der Waals surface area contributed by atoms with Crippen LogP contribution in [0.4, 0.5) is 10.5 Å². The van der Waals surface area contributed by atoms with E-state index in [2.05, 4.69) is 15.6 Å². The molecular weight excluding hydrogens is 346 g/mol. The standard InChI is InChI=1S/C17H14ClN3O2S/c18-13-3-5-14(6-4-13)21-16(22)20-11-12-1-7-15(8-2-12)23-17-19-9-10-24-17/h1-10H,11H2,(H2,20,21,22). The van der Waals surface area contributed by atoms with Gasteiger partial charge in [-0.2, -0.15) is 0 Å². The number of carbonyl (C=O) groups is 1. The van der Waals surface area contributed by atoms with E-state index in [9.17, 15) is 4.79 Å². The Labute approximate surface area is 148 Å². The van der Waals surface area contributed by atoms with Crippen molar-refractivity contribution >= 4 is 34.7 Å². The highest BCUT2D eigenvalue weighted by Crippen LogP contribution is 2.23. The summed E-state index contributed by atoms with van der Waals surface area (Å²) < 4.78 is 5.58. The van der Waals surface area contributed by atoms with Gasteiger partial charge in [-0.3, -0.25) is 0 Å². The van der Waals surface area contributed by atoms with Gasteiger partial charge < -0.3 is 15.4 Å². The van der Waals surface area contributed by atoms with Crippen LogP contribution in [0, 0.1) is 0 Å². The Balaban J connectivity index is 1.49. The van der Waals surface area contributed by atoms with Crippen molar-refractivity contribution < 1.29 is 9.53 Å². The molecule has 0 radical (unpaired) electrons. The summed E-state index contributed by atoms with van der Waals surface area (Å²) in [6, 6.07) is 14.1. The highest BCUT2D eigenvalue weighted by atomic mass is 35.5. The maximum Gasteiger partial charge on any atom is 0.319 e. The fourth-order valence-corrected chi connectivity index (χ4v) is 2.56. The van der Waals surface area contributed by atoms with Gasteiger partial charge in [0, 0.05) is 28.8 Å². The molecule has 0 saturated heterocycles. The van der Waals surface area contributed by atoms with Gasteiger partial charge in [-0.1, -0.05) is 35.1 Å². The van der Waals surface area contributed by atoms with Crippen molar-refractivity contribution in [3.63, 3.8) is 0 Å². The molecule has 5 nitrogen and oxygen atoms in total. The van der Waals surface area contributed by atoms with E-state index in [-0.39, 0.29) is 6.03 Å². The molecule has 1 heterocycles. The zero-order chi connectivity index (χ0) is 16.8. The normalized spacial score (nSPS) is 10.2. The zero-order valence-corrected chi connectivity index (χ0v) is 14.1. The number of thiazole rings is 1. The lowest BCUT2D eigenvalue weighted by atomic mass is 10.2. The Kier molecular flexibility index (Phi) is 5.30. The number of urea groups is 1. The van der Waals surface area contributed by atoms with Gasteiger partial charge in [0.25, 0.3) is 5.19 Å². The Morgan fingerprint density at radius 3 is 2.54 bits per heavy atom. The van der Waals surface area contributed by atoms with Gasteiger partial charge in [0.2, 0.25) is 0 Å². The number of rotatable bonds is 5. The fourth-order valence-electron chi connectivity index (χ4n) is 1.93. The maximum atomic E-state index is 11.9. The smallest absolute Gasteiger partial charge is 0.319 e. The number of aromatic nitrogens is 1. The van der Waals surface area contributed by atoms with E-state index in [0.717, 1.165) is 5.56 Å². The van der Waals surface area contributed by atoms with Crippen molar-refractivity contribution in [2.24, 2.45) is 0 Å². The first-order valence-electron chi connectivity index (χ1n) is 7.16. The Bertz CT molecular complexity index is 790. The quantitative estimate of drug-likeness (QED) is 0.680. The molecule has 3 rings (SSSR count). The second-order valence-corrected chi connectivity index (χ2v) is 6.15. The monoisotopic (exact) mass is 359 g/mol. The van der Waals surface area contributed by atoms with E-state index >= 15 is 0 Å². The number of ether oxygens (including phenoxy) is 1. The van der Waals surface area contributed by atoms with Gasteiger partial charge in [-0.05, 0) is 42.0 Å². The van der Waals surface area contributed by atoms with Gasteiger partial charge in [0.1, 0.15) is 5.75 Å². The Morgan fingerprint density at radius 2 is 1.88 bits per heavy atom. The van der Waals surface area contributed by atoms with Gasteiger partial charge in [-0.25, -0.2) is 9.78 Å². The molecule has 0 unspecified atom stereocenters. The number of nitrogens with zero attached hydrogens (tertiary/aromatic N) is 1. The molecule has 7 heteroatoms. The molecule has 0 atom stereocenters. The van der Waals surface area contributed by atoms with Gasteiger partial charge in [0.05, 0.1) is 0 Å². The van der Waals surface area contributed by atoms with E-state index in [1.54, 1.807) is 30.5 Å². The third kappa shape index (κ3) is 4.71. The van der Waals surface area contributed by atoms with Crippen LogP contribution in [0.25, 0.3) is 0 Å². The molecule has 0 spiro atoms. The van der Waals surface area contributed by atoms with Gasteiger partial charge in [0.15, 0.2) is 0 Å². The zero-order valence-electron chi connectivity index (χ0n) is 12.5. The summed E-state index contributed by atoms with van der Waals surface area (Å²) >= 11 is 7.24. The number of nitrogens with one attached hydrogen (secondary N) is 2. The summed E-state index contributed by atoms with van der Waals surface area (Å²) in [5.41, 5.74) is 1.65. The first kappa shape index (κ1) is 16.3. The van der Waals surface area contributed by atoms with Crippen molar-refractivity contribution in [1.82, 2.24) is 10.3 Å². The van der Waals surface area contributed by atoms with Crippen molar-refractivity contribution in [1.29, 1.82) is 0 Å². The van der Waals surface area contributed by atoms with Crippen molar-refractivity contribution in [2.45, 2.75) is 6.54 Å². The molecule has 0 aliphatic heterocycles. The lowest BCUT2D eigenvalue weighted by Crippen LogP contribution is -2.28. The lowest BCUT2D eigenvalue weighted by molar-refractivity contribution is 0.251. The van der Waals surface area contributed by atoms with Crippen LogP contribution in [-0.2, 0) is 6.54 Å². The summed E-state index contributed by atoms with van der Waals surface area (Å²) in [6.07, 6.45) is 1.69. The summed E-state index contributed by atoms with van der Waals surface area (Å²) in [5, 5.41) is 8.61. The first-order valence-corrected chi connectivity index (χ1v) is 8.41. The lowest BCUT2D eigenvalue weighted by Gasteiger charge is -2.08. The third-order valence-electron chi connectivity index (χ3n) is 3.09. The number of amides is 2. The minimum absolute atomic E-state index is 0.277. The minimum atomic E-state index is -0.277. The molecule has 0 aliphatic carbocycles.